The van der Waals surface area contributed by atoms with E-state index in [1.54, 1.807) is 6.20 Å². The molecule has 5 heteroatoms. The number of hydrogen-bond donors (Lipinski definition) is 1. The van der Waals surface area contributed by atoms with Gasteiger partial charge in [0.05, 0.1) is 23.7 Å². The second kappa shape index (κ2) is 7.75. The molecule has 0 fully saturated rings. The van der Waals surface area contributed by atoms with Crippen molar-refractivity contribution in [1.29, 1.82) is 0 Å². The van der Waals surface area contributed by atoms with Crippen LogP contribution in [-0.2, 0) is 6.42 Å². The fraction of sp³-hybridized carbons (Fsp3) is 0.263. The van der Waals surface area contributed by atoms with E-state index in [9.17, 15) is 0 Å². The summed E-state index contributed by atoms with van der Waals surface area (Å²) in [7, 11) is 0. The van der Waals surface area contributed by atoms with Gasteiger partial charge in [0.15, 0.2) is 0 Å². The number of rotatable bonds is 7. The minimum atomic E-state index is 0.577. The Morgan fingerprint density at radius 3 is 2.67 bits per heavy atom. The van der Waals surface area contributed by atoms with Crippen molar-refractivity contribution in [1.82, 2.24) is 14.8 Å². The zero-order valence-electron chi connectivity index (χ0n) is 13.9. The molecule has 0 saturated heterocycles. The monoisotopic (exact) mass is 322 g/mol. The van der Waals surface area contributed by atoms with Crippen LogP contribution < -0.4 is 10.5 Å². The molecule has 5 nitrogen and oxygen atoms in total. The highest BCUT2D eigenvalue weighted by molar-refractivity contribution is 5.61. The lowest BCUT2D eigenvalue weighted by Gasteiger charge is -2.09. The lowest BCUT2D eigenvalue weighted by molar-refractivity contribution is 0.317. The minimum absolute atomic E-state index is 0.577. The van der Waals surface area contributed by atoms with Crippen LogP contribution in [0.25, 0.3) is 16.9 Å². The number of ether oxygens (including phenoxy) is 1. The third-order valence-electron chi connectivity index (χ3n) is 3.67. The molecule has 0 atom stereocenters. The van der Waals surface area contributed by atoms with Gasteiger partial charge in [-0.2, -0.15) is 5.10 Å². The lowest BCUT2D eigenvalue weighted by Crippen LogP contribution is -2.04. The van der Waals surface area contributed by atoms with Crippen LogP contribution in [-0.4, -0.2) is 27.9 Å². The number of nitrogens with zero attached hydrogens (tertiary/aromatic N) is 3. The molecule has 124 valence electrons. The molecule has 0 bridgehead atoms. The summed E-state index contributed by atoms with van der Waals surface area (Å²) >= 11 is 0. The highest BCUT2D eigenvalue weighted by atomic mass is 16.5. The molecule has 0 amide bonds. The Hall–Kier alpha value is -2.66. The van der Waals surface area contributed by atoms with Gasteiger partial charge in [0, 0.05) is 24.4 Å². The fourth-order valence-electron chi connectivity index (χ4n) is 2.52. The van der Waals surface area contributed by atoms with Crippen LogP contribution in [0.3, 0.4) is 0 Å². The Morgan fingerprint density at radius 1 is 1.17 bits per heavy atom. The normalized spacial score (nSPS) is 10.8. The van der Waals surface area contributed by atoms with Crippen LogP contribution in [0, 0.1) is 0 Å². The molecule has 2 heterocycles. The summed E-state index contributed by atoms with van der Waals surface area (Å²) in [5, 5.41) is 4.71. The van der Waals surface area contributed by atoms with Gasteiger partial charge in [-0.05, 0) is 55.4 Å². The molecule has 0 spiro atoms. The van der Waals surface area contributed by atoms with Gasteiger partial charge >= 0.3 is 0 Å². The Bertz CT molecular complexity index is 766. The Morgan fingerprint density at radius 2 is 2.00 bits per heavy atom. The van der Waals surface area contributed by atoms with Crippen molar-refractivity contribution in [3.63, 3.8) is 0 Å². The highest BCUT2D eigenvalue weighted by Crippen LogP contribution is 2.24. The summed E-state index contributed by atoms with van der Waals surface area (Å²) in [4.78, 5) is 4.21. The van der Waals surface area contributed by atoms with Gasteiger partial charge in [0.25, 0.3) is 0 Å². The molecule has 24 heavy (non-hydrogen) atoms. The summed E-state index contributed by atoms with van der Waals surface area (Å²) in [5.41, 5.74) is 9.68. The first-order valence-corrected chi connectivity index (χ1v) is 8.24. The van der Waals surface area contributed by atoms with Crippen LogP contribution in [0.4, 0.5) is 0 Å². The largest absolute Gasteiger partial charge is 0.494 e. The SMILES string of the molecule is CCCOc1ccc(-n2nc(CCN)cc2-c2cccnc2)cc1. The van der Waals surface area contributed by atoms with Crippen LogP contribution in [0.2, 0.25) is 0 Å². The van der Waals surface area contributed by atoms with Gasteiger partial charge in [-0.25, -0.2) is 4.68 Å². The molecule has 3 aromatic rings. The van der Waals surface area contributed by atoms with Crippen molar-refractivity contribution in [3.8, 4) is 22.7 Å². The maximum absolute atomic E-state index is 5.69. The fourth-order valence-corrected chi connectivity index (χ4v) is 2.52. The number of pyridine rings is 1. The van der Waals surface area contributed by atoms with Crippen molar-refractivity contribution >= 4 is 0 Å². The van der Waals surface area contributed by atoms with Gasteiger partial charge in [0.1, 0.15) is 5.75 Å². The first-order valence-electron chi connectivity index (χ1n) is 8.24. The average molecular weight is 322 g/mol. The molecule has 0 unspecified atom stereocenters. The van der Waals surface area contributed by atoms with Crippen LogP contribution in [0.15, 0.2) is 54.9 Å². The van der Waals surface area contributed by atoms with E-state index in [1.807, 2.05) is 47.3 Å². The van der Waals surface area contributed by atoms with Gasteiger partial charge in [-0.3, -0.25) is 4.98 Å². The zero-order chi connectivity index (χ0) is 16.8. The smallest absolute Gasteiger partial charge is 0.119 e. The van der Waals surface area contributed by atoms with Gasteiger partial charge in [-0.15, -0.1) is 0 Å². The van der Waals surface area contributed by atoms with Crippen LogP contribution in [0.5, 0.6) is 5.75 Å². The second-order valence-electron chi connectivity index (χ2n) is 5.56. The van der Waals surface area contributed by atoms with E-state index < -0.39 is 0 Å². The average Bonchev–Trinajstić information content (AvgIpc) is 3.05. The molecule has 1 aromatic carbocycles. The molecule has 3 rings (SSSR count). The predicted octanol–water partition coefficient (Wildman–Crippen LogP) is 3.22. The molecule has 0 aliphatic carbocycles. The Balaban J connectivity index is 1.97. The lowest BCUT2D eigenvalue weighted by atomic mass is 10.2. The van der Waals surface area contributed by atoms with E-state index in [0.717, 1.165) is 47.8 Å². The van der Waals surface area contributed by atoms with Crippen molar-refractivity contribution in [2.75, 3.05) is 13.2 Å². The van der Waals surface area contributed by atoms with Crippen molar-refractivity contribution < 1.29 is 4.74 Å². The summed E-state index contributed by atoms with van der Waals surface area (Å²) < 4.78 is 7.58. The molecule has 2 aromatic heterocycles. The predicted molar refractivity (Wildman–Crippen MR) is 95.3 cm³/mol. The van der Waals surface area contributed by atoms with Gasteiger partial charge in [0.2, 0.25) is 0 Å². The summed E-state index contributed by atoms with van der Waals surface area (Å²) in [5.74, 6) is 0.873. The highest BCUT2D eigenvalue weighted by Gasteiger charge is 2.11. The summed E-state index contributed by atoms with van der Waals surface area (Å²) in [6.07, 6.45) is 5.36. The summed E-state index contributed by atoms with van der Waals surface area (Å²) in [6, 6.07) is 14.0. The number of aromatic nitrogens is 3. The Labute approximate surface area is 142 Å². The number of benzene rings is 1. The topological polar surface area (TPSA) is 66.0 Å². The van der Waals surface area contributed by atoms with E-state index in [1.165, 1.54) is 0 Å². The van der Waals surface area contributed by atoms with Gasteiger partial charge < -0.3 is 10.5 Å². The third kappa shape index (κ3) is 3.63. The molecular formula is C19H22N4O. The van der Waals surface area contributed by atoms with E-state index >= 15 is 0 Å². The van der Waals surface area contributed by atoms with E-state index in [-0.39, 0.29) is 0 Å². The maximum Gasteiger partial charge on any atom is 0.119 e. The van der Waals surface area contributed by atoms with Crippen molar-refractivity contribution in [3.05, 3.63) is 60.6 Å². The zero-order valence-corrected chi connectivity index (χ0v) is 13.9. The molecule has 2 N–H and O–H groups in total. The minimum Gasteiger partial charge on any atom is -0.494 e. The van der Waals surface area contributed by atoms with E-state index in [0.29, 0.717) is 6.54 Å². The van der Waals surface area contributed by atoms with Crippen molar-refractivity contribution in [2.45, 2.75) is 19.8 Å². The standard InChI is InChI=1S/C19H22N4O/c1-2-12-24-18-7-5-17(6-8-18)23-19(13-16(22-23)9-10-20)15-4-3-11-21-14-15/h3-8,11,13-14H,2,9-10,12,20H2,1H3. The van der Waals surface area contributed by atoms with E-state index in [4.69, 9.17) is 15.6 Å². The number of hydrogen-bond acceptors (Lipinski definition) is 4. The maximum atomic E-state index is 5.69. The van der Waals surface area contributed by atoms with Crippen LogP contribution >= 0.6 is 0 Å². The van der Waals surface area contributed by atoms with Crippen LogP contribution in [0.1, 0.15) is 19.0 Å². The Kier molecular flexibility index (Phi) is 5.23. The van der Waals surface area contributed by atoms with E-state index in [2.05, 4.69) is 18.0 Å². The molecule has 0 radical (unpaired) electrons. The van der Waals surface area contributed by atoms with Crippen molar-refractivity contribution in [2.24, 2.45) is 5.73 Å². The number of nitrogens with two attached hydrogens (primary N) is 1. The first-order chi connectivity index (χ1) is 11.8. The third-order valence-corrected chi connectivity index (χ3v) is 3.67. The van der Waals surface area contributed by atoms with Gasteiger partial charge in [-0.1, -0.05) is 6.92 Å². The molecule has 0 saturated carbocycles. The summed E-state index contributed by atoms with van der Waals surface area (Å²) in [6.45, 7) is 3.40. The first kappa shape index (κ1) is 16.2. The molecule has 0 aliphatic heterocycles. The quantitative estimate of drug-likeness (QED) is 0.725. The molecule has 0 aliphatic rings. The second-order valence-corrected chi connectivity index (χ2v) is 5.56. The molecular weight excluding hydrogens is 300 g/mol.